The van der Waals surface area contributed by atoms with Crippen molar-refractivity contribution in [2.45, 2.75) is 0 Å². The molecular formula is C44H24N4OS2. The third-order valence-corrected chi connectivity index (χ3v) is 11.9. The number of aromatic nitrogens is 4. The van der Waals surface area contributed by atoms with E-state index in [2.05, 4.69) is 109 Å². The number of nitrogens with zero attached hydrogens (tertiary/aromatic N) is 4. The van der Waals surface area contributed by atoms with Crippen LogP contribution in [0.1, 0.15) is 0 Å². The van der Waals surface area contributed by atoms with Gasteiger partial charge in [0.05, 0.1) is 0 Å². The minimum Gasteiger partial charge on any atom is -0.436 e. The molecule has 0 aliphatic carbocycles. The van der Waals surface area contributed by atoms with Crippen molar-refractivity contribution in [2.75, 3.05) is 0 Å². The van der Waals surface area contributed by atoms with E-state index < -0.39 is 0 Å². The van der Waals surface area contributed by atoms with Gasteiger partial charge in [0.15, 0.2) is 23.1 Å². The molecule has 4 aromatic heterocycles. The van der Waals surface area contributed by atoms with Gasteiger partial charge in [-0.15, -0.1) is 22.7 Å². The van der Waals surface area contributed by atoms with Crippen molar-refractivity contribution in [1.29, 1.82) is 0 Å². The van der Waals surface area contributed by atoms with Gasteiger partial charge in [0.2, 0.25) is 5.89 Å². The van der Waals surface area contributed by atoms with E-state index in [4.69, 9.17) is 24.4 Å². The van der Waals surface area contributed by atoms with Crippen molar-refractivity contribution >= 4 is 84.9 Å². The highest BCUT2D eigenvalue weighted by molar-refractivity contribution is 7.26. The molecule has 0 radical (unpaired) electrons. The second-order valence-electron chi connectivity index (χ2n) is 12.6. The van der Waals surface area contributed by atoms with E-state index in [9.17, 15) is 0 Å². The molecule has 0 saturated heterocycles. The molecule has 0 spiro atoms. The van der Waals surface area contributed by atoms with Gasteiger partial charge in [-0.2, -0.15) is 0 Å². The summed E-state index contributed by atoms with van der Waals surface area (Å²) >= 11 is 3.54. The third kappa shape index (κ3) is 4.59. The second-order valence-corrected chi connectivity index (χ2v) is 14.8. The summed E-state index contributed by atoms with van der Waals surface area (Å²) in [5.74, 6) is 2.54. The normalized spacial score (nSPS) is 11.9. The number of oxazole rings is 1. The van der Waals surface area contributed by atoms with Crippen LogP contribution in [-0.4, -0.2) is 19.9 Å². The molecule has 0 bridgehead atoms. The maximum Gasteiger partial charge on any atom is 0.227 e. The molecule has 0 atom stereocenters. The topological polar surface area (TPSA) is 64.7 Å². The second kappa shape index (κ2) is 11.1. The van der Waals surface area contributed by atoms with Crippen LogP contribution in [-0.2, 0) is 0 Å². The number of hydrogen-bond acceptors (Lipinski definition) is 7. The summed E-state index contributed by atoms with van der Waals surface area (Å²) < 4.78 is 11.2. The lowest BCUT2D eigenvalue weighted by atomic mass is 10.1. The number of hydrogen-bond donors (Lipinski definition) is 0. The van der Waals surface area contributed by atoms with Crippen LogP contribution in [0, 0.1) is 0 Å². The Bertz CT molecular complexity index is 3160. The van der Waals surface area contributed by atoms with Gasteiger partial charge < -0.3 is 4.42 Å². The standard InChI is InChI=1S/C44H24N4OS2/c1-2-10-26(11-3-1)41-46-42(28-18-17-25-9-4-5-12-27(25)23-28)48-43(47-41)32-15-8-14-31-38-37(51-40(31)32)22-20-34-39(38)45-44(49-34)29-19-21-36-33(24-29)30-13-6-7-16-35(30)50-36/h1-24H. The Labute approximate surface area is 299 Å². The van der Waals surface area contributed by atoms with Crippen molar-refractivity contribution in [3.8, 4) is 45.6 Å². The summed E-state index contributed by atoms with van der Waals surface area (Å²) in [5.41, 5.74) is 5.44. The van der Waals surface area contributed by atoms with Crippen LogP contribution >= 0.6 is 22.7 Å². The van der Waals surface area contributed by atoms with Gasteiger partial charge in [0.25, 0.3) is 0 Å². The predicted molar refractivity (Wildman–Crippen MR) is 212 cm³/mol. The van der Waals surface area contributed by atoms with Gasteiger partial charge in [-0.3, -0.25) is 0 Å². The van der Waals surface area contributed by atoms with E-state index >= 15 is 0 Å². The summed E-state index contributed by atoms with van der Waals surface area (Å²) in [6.45, 7) is 0. The molecule has 0 unspecified atom stereocenters. The average molecular weight is 689 g/mol. The fraction of sp³-hybridized carbons (Fsp3) is 0. The zero-order valence-electron chi connectivity index (χ0n) is 26.9. The Morgan fingerprint density at radius 2 is 1.16 bits per heavy atom. The molecule has 0 aliphatic rings. The smallest absolute Gasteiger partial charge is 0.227 e. The van der Waals surface area contributed by atoms with Gasteiger partial charge in [-0.05, 0) is 59.3 Å². The monoisotopic (exact) mass is 688 g/mol. The fourth-order valence-corrected chi connectivity index (χ4v) is 9.40. The molecule has 0 saturated carbocycles. The summed E-state index contributed by atoms with van der Waals surface area (Å²) in [6, 6.07) is 50.4. The Morgan fingerprint density at radius 1 is 0.431 bits per heavy atom. The lowest BCUT2D eigenvalue weighted by Crippen LogP contribution is -2.00. The van der Waals surface area contributed by atoms with E-state index in [-0.39, 0.29) is 0 Å². The molecular weight excluding hydrogens is 665 g/mol. The van der Waals surface area contributed by atoms with Crippen LogP contribution in [0.15, 0.2) is 150 Å². The molecule has 11 rings (SSSR count). The molecule has 7 aromatic carbocycles. The highest BCUT2D eigenvalue weighted by atomic mass is 32.1. The number of fused-ring (bicyclic) bond motifs is 9. The highest BCUT2D eigenvalue weighted by Crippen LogP contribution is 2.44. The van der Waals surface area contributed by atoms with Crippen molar-refractivity contribution in [1.82, 2.24) is 19.9 Å². The summed E-state index contributed by atoms with van der Waals surface area (Å²) in [5, 5.41) is 6.99. The first-order valence-corrected chi connectivity index (χ1v) is 18.3. The van der Waals surface area contributed by atoms with Gasteiger partial charge in [-0.25, -0.2) is 19.9 Å². The van der Waals surface area contributed by atoms with E-state index in [1.165, 1.54) is 25.6 Å². The molecule has 0 amide bonds. The minimum atomic E-state index is 0.621. The third-order valence-electron chi connectivity index (χ3n) is 9.56. The van der Waals surface area contributed by atoms with Gasteiger partial charge in [0, 0.05) is 62.6 Å². The van der Waals surface area contributed by atoms with Crippen molar-refractivity contribution in [3.05, 3.63) is 146 Å². The van der Waals surface area contributed by atoms with Crippen LogP contribution < -0.4 is 0 Å². The Balaban J connectivity index is 1.09. The van der Waals surface area contributed by atoms with E-state index in [1.54, 1.807) is 11.3 Å². The number of thiophene rings is 2. The quantitative estimate of drug-likeness (QED) is 0.184. The summed E-state index contributed by atoms with van der Waals surface area (Å²) in [4.78, 5) is 20.3. The van der Waals surface area contributed by atoms with Crippen LogP contribution in [0.5, 0.6) is 0 Å². The van der Waals surface area contributed by atoms with Crippen LogP contribution in [0.2, 0.25) is 0 Å². The Morgan fingerprint density at radius 3 is 2.08 bits per heavy atom. The van der Waals surface area contributed by atoms with Gasteiger partial charge in [-0.1, -0.05) is 97.1 Å². The zero-order chi connectivity index (χ0) is 33.5. The largest absolute Gasteiger partial charge is 0.436 e. The molecule has 0 aliphatic heterocycles. The van der Waals surface area contributed by atoms with Crippen LogP contribution in [0.4, 0.5) is 0 Å². The Kier molecular flexibility index (Phi) is 6.22. The first-order chi connectivity index (χ1) is 25.2. The summed E-state index contributed by atoms with van der Waals surface area (Å²) in [6.07, 6.45) is 0. The van der Waals surface area contributed by atoms with Gasteiger partial charge in [0.1, 0.15) is 5.52 Å². The minimum absolute atomic E-state index is 0.621. The highest BCUT2D eigenvalue weighted by Gasteiger charge is 2.20. The van der Waals surface area contributed by atoms with E-state index in [1.807, 2.05) is 47.7 Å². The fourth-order valence-electron chi connectivity index (χ4n) is 7.10. The van der Waals surface area contributed by atoms with Gasteiger partial charge >= 0.3 is 0 Å². The van der Waals surface area contributed by atoms with Crippen molar-refractivity contribution in [3.63, 3.8) is 0 Å². The molecule has 4 heterocycles. The maximum absolute atomic E-state index is 6.46. The predicted octanol–water partition coefficient (Wildman–Crippen LogP) is 12.6. The first-order valence-electron chi connectivity index (χ1n) is 16.7. The first kappa shape index (κ1) is 28.5. The molecule has 0 N–H and O–H groups in total. The SMILES string of the molecule is c1ccc(-c2nc(-c3ccc4ccccc4c3)nc(-c3cccc4c3sc3ccc5oc(-c6ccc7sc8ccccc8c7c6)nc5c34)n2)cc1. The molecule has 0 fully saturated rings. The van der Waals surface area contributed by atoms with E-state index in [0.717, 1.165) is 58.9 Å². The average Bonchev–Trinajstić information content (AvgIpc) is 3.91. The molecule has 7 heteroatoms. The van der Waals surface area contributed by atoms with Crippen LogP contribution in [0.25, 0.3) is 108 Å². The lowest BCUT2D eigenvalue weighted by molar-refractivity contribution is 0.620. The molecule has 51 heavy (non-hydrogen) atoms. The van der Waals surface area contributed by atoms with E-state index in [0.29, 0.717) is 23.4 Å². The molecule has 238 valence electrons. The zero-order valence-corrected chi connectivity index (χ0v) is 28.5. The van der Waals surface area contributed by atoms with Crippen molar-refractivity contribution < 1.29 is 4.42 Å². The Hall–Kier alpha value is -6.28. The van der Waals surface area contributed by atoms with Crippen molar-refractivity contribution in [2.24, 2.45) is 0 Å². The number of rotatable bonds is 4. The number of benzene rings is 7. The molecule has 5 nitrogen and oxygen atoms in total. The lowest BCUT2D eigenvalue weighted by Gasteiger charge is -2.09. The maximum atomic E-state index is 6.46. The molecule has 11 aromatic rings. The summed E-state index contributed by atoms with van der Waals surface area (Å²) in [7, 11) is 0. The van der Waals surface area contributed by atoms with Crippen LogP contribution in [0.3, 0.4) is 0 Å².